The largest absolute Gasteiger partial charge is 0.480 e. The van der Waals surface area contributed by atoms with Crippen LogP contribution < -0.4 is 0 Å². The van der Waals surface area contributed by atoms with Crippen molar-refractivity contribution < 1.29 is 14.1 Å². The fourth-order valence-corrected chi connectivity index (χ4v) is 1.97. The molecule has 4 heteroatoms. The van der Waals surface area contributed by atoms with E-state index in [1.807, 2.05) is 0 Å². The van der Waals surface area contributed by atoms with Crippen LogP contribution in [0.2, 0.25) is 0 Å². The monoisotopic (exact) mass is 206 g/mol. The fourth-order valence-electron chi connectivity index (χ4n) is 1.19. The SMILES string of the molecule is CCCCCCC(C(=O)O)S(C)=O. The minimum atomic E-state index is -1.24. The van der Waals surface area contributed by atoms with E-state index in [9.17, 15) is 9.00 Å². The van der Waals surface area contributed by atoms with Gasteiger partial charge in [-0.25, -0.2) is 0 Å². The van der Waals surface area contributed by atoms with E-state index in [0.717, 1.165) is 25.7 Å². The van der Waals surface area contributed by atoms with E-state index in [0.29, 0.717) is 6.42 Å². The van der Waals surface area contributed by atoms with Gasteiger partial charge in [0.2, 0.25) is 0 Å². The Hall–Kier alpha value is -0.380. The second-order valence-corrected chi connectivity index (χ2v) is 4.74. The van der Waals surface area contributed by atoms with Crippen LogP contribution in [0.5, 0.6) is 0 Å². The number of hydrogen-bond acceptors (Lipinski definition) is 2. The molecule has 0 saturated carbocycles. The smallest absolute Gasteiger partial charge is 0.319 e. The second-order valence-electron chi connectivity index (χ2n) is 3.17. The molecule has 0 spiro atoms. The minimum Gasteiger partial charge on any atom is -0.480 e. The number of carboxylic acid groups (broad SMARTS) is 1. The summed E-state index contributed by atoms with van der Waals surface area (Å²) in [4.78, 5) is 10.6. The first-order valence-corrected chi connectivity index (χ1v) is 6.26. The van der Waals surface area contributed by atoms with Crippen molar-refractivity contribution in [3.05, 3.63) is 0 Å². The molecule has 2 unspecified atom stereocenters. The molecule has 0 saturated heterocycles. The summed E-state index contributed by atoms with van der Waals surface area (Å²) in [6.07, 6.45) is 6.16. The maximum absolute atomic E-state index is 11.0. The summed E-state index contributed by atoms with van der Waals surface area (Å²) < 4.78 is 11.0. The molecule has 78 valence electrons. The summed E-state index contributed by atoms with van der Waals surface area (Å²) in [5.41, 5.74) is 0. The maximum Gasteiger partial charge on any atom is 0.319 e. The van der Waals surface area contributed by atoms with Crippen molar-refractivity contribution in [2.75, 3.05) is 6.26 Å². The topological polar surface area (TPSA) is 54.4 Å². The highest BCUT2D eigenvalue weighted by atomic mass is 32.2. The Bertz CT molecular complexity index is 166. The van der Waals surface area contributed by atoms with Gasteiger partial charge in [0.25, 0.3) is 0 Å². The van der Waals surface area contributed by atoms with E-state index in [1.54, 1.807) is 0 Å². The molecule has 0 aromatic rings. The third-order valence-corrected chi connectivity index (χ3v) is 3.23. The molecule has 13 heavy (non-hydrogen) atoms. The Balaban J connectivity index is 3.71. The van der Waals surface area contributed by atoms with Crippen LogP contribution in [0.15, 0.2) is 0 Å². The Morgan fingerprint density at radius 2 is 2.00 bits per heavy atom. The summed E-state index contributed by atoms with van der Waals surface area (Å²) in [6, 6.07) is 0. The van der Waals surface area contributed by atoms with Gasteiger partial charge in [-0.2, -0.15) is 0 Å². The van der Waals surface area contributed by atoms with E-state index >= 15 is 0 Å². The van der Waals surface area contributed by atoms with Crippen molar-refractivity contribution in [1.82, 2.24) is 0 Å². The Labute approximate surface area is 82.0 Å². The zero-order valence-electron chi connectivity index (χ0n) is 8.28. The second kappa shape index (κ2) is 7.06. The van der Waals surface area contributed by atoms with Gasteiger partial charge in [-0.15, -0.1) is 0 Å². The summed E-state index contributed by atoms with van der Waals surface area (Å²) >= 11 is 0. The van der Waals surface area contributed by atoms with Crippen LogP contribution in [0.25, 0.3) is 0 Å². The van der Waals surface area contributed by atoms with E-state index in [2.05, 4.69) is 6.92 Å². The van der Waals surface area contributed by atoms with Gasteiger partial charge in [-0.05, 0) is 6.42 Å². The molecule has 0 rings (SSSR count). The molecule has 0 aromatic carbocycles. The number of rotatable bonds is 7. The molecule has 0 aliphatic rings. The lowest BCUT2D eigenvalue weighted by atomic mass is 10.1. The van der Waals surface area contributed by atoms with Crippen LogP contribution >= 0.6 is 0 Å². The quantitative estimate of drug-likeness (QED) is 0.646. The molecular formula is C9H18O3S. The highest BCUT2D eigenvalue weighted by Gasteiger charge is 2.20. The van der Waals surface area contributed by atoms with Gasteiger partial charge in [0.05, 0.1) is 0 Å². The van der Waals surface area contributed by atoms with Crippen LogP contribution in [0, 0.1) is 0 Å². The Morgan fingerprint density at radius 3 is 2.38 bits per heavy atom. The third-order valence-electron chi connectivity index (χ3n) is 2.00. The molecule has 1 N–H and O–H groups in total. The van der Waals surface area contributed by atoms with E-state index in [1.165, 1.54) is 6.26 Å². The van der Waals surface area contributed by atoms with Gasteiger partial charge in [-0.1, -0.05) is 32.6 Å². The zero-order chi connectivity index (χ0) is 10.3. The Morgan fingerprint density at radius 1 is 1.38 bits per heavy atom. The number of carbonyl (C=O) groups is 1. The number of hydrogen-bond donors (Lipinski definition) is 1. The summed E-state index contributed by atoms with van der Waals surface area (Å²) in [5.74, 6) is -0.933. The van der Waals surface area contributed by atoms with Crippen LogP contribution in [0.4, 0.5) is 0 Å². The van der Waals surface area contributed by atoms with Crippen LogP contribution in [0.1, 0.15) is 39.0 Å². The maximum atomic E-state index is 11.0. The van der Waals surface area contributed by atoms with Crippen LogP contribution in [-0.4, -0.2) is 26.8 Å². The van der Waals surface area contributed by atoms with Crippen LogP contribution in [-0.2, 0) is 15.6 Å². The molecule has 2 atom stereocenters. The zero-order valence-corrected chi connectivity index (χ0v) is 9.10. The summed E-state index contributed by atoms with van der Waals surface area (Å²) in [6.45, 7) is 2.10. The summed E-state index contributed by atoms with van der Waals surface area (Å²) in [5, 5.41) is 8.04. The van der Waals surface area contributed by atoms with E-state index in [-0.39, 0.29) is 0 Å². The highest BCUT2D eigenvalue weighted by Crippen LogP contribution is 2.09. The lowest BCUT2D eigenvalue weighted by molar-refractivity contribution is -0.136. The van der Waals surface area contributed by atoms with Crippen molar-refractivity contribution in [3.8, 4) is 0 Å². The molecule has 0 heterocycles. The Kier molecular flexibility index (Phi) is 6.86. The molecule has 0 radical (unpaired) electrons. The average Bonchev–Trinajstić information content (AvgIpc) is 2.02. The van der Waals surface area contributed by atoms with Gasteiger partial charge < -0.3 is 5.11 Å². The van der Waals surface area contributed by atoms with Crippen molar-refractivity contribution in [2.24, 2.45) is 0 Å². The van der Waals surface area contributed by atoms with E-state index in [4.69, 9.17) is 5.11 Å². The fraction of sp³-hybridized carbons (Fsp3) is 0.889. The first-order valence-electron chi connectivity index (χ1n) is 4.64. The third kappa shape index (κ3) is 5.80. The predicted molar refractivity (Wildman–Crippen MR) is 54.2 cm³/mol. The molecular weight excluding hydrogens is 188 g/mol. The molecule has 3 nitrogen and oxygen atoms in total. The normalized spacial score (nSPS) is 15.2. The predicted octanol–water partition coefficient (Wildman–Crippen LogP) is 1.79. The molecule has 0 bridgehead atoms. The molecule has 0 fully saturated rings. The minimum absolute atomic E-state index is 0.540. The molecule has 0 amide bonds. The molecule has 0 aromatic heterocycles. The lowest BCUT2D eigenvalue weighted by Crippen LogP contribution is -2.24. The van der Waals surface area contributed by atoms with Gasteiger partial charge in [0.1, 0.15) is 5.25 Å². The number of aliphatic carboxylic acids is 1. The standard InChI is InChI=1S/C9H18O3S/c1-3-4-5-6-7-8(9(10)11)13(2)12/h8H,3-7H2,1-2H3,(H,10,11). The lowest BCUT2D eigenvalue weighted by Gasteiger charge is -2.08. The van der Waals surface area contributed by atoms with Crippen molar-refractivity contribution in [1.29, 1.82) is 0 Å². The first kappa shape index (κ1) is 12.6. The van der Waals surface area contributed by atoms with Gasteiger partial charge in [-0.3, -0.25) is 9.00 Å². The summed E-state index contributed by atoms with van der Waals surface area (Å²) in [7, 11) is -1.24. The molecule has 0 aliphatic carbocycles. The number of carboxylic acids is 1. The van der Waals surface area contributed by atoms with E-state index < -0.39 is 22.0 Å². The van der Waals surface area contributed by atoms with Gasteiger partial charge in [0.15, 0.2) is 0 Å². The number of unbranched alkanes of at least 4 members (excludes halogenated alkanes) is 3. The van der Waals surface area contributed by atoms with Gasteiger partial charge >= 0.3 is 5.97 Å². The first-order chi connectivity index (χ1) is 6.09. The molecule has 0 aliphatic heterocycles. The van der Waals surface area contributed by atoms with Crippen molar-refractivity contribution in [3.63, 3.8) is 0 Å². The van der Waals surface area contributed by atoms with Crippen molar-refractivity contribution in [2.45, 2.75) is 44.3 Å². The van der Waals surface area contributed by atoms with Crippen LogP contribution in [0.3, 0.4) is 0 Å². The highest BCUT2D eigenvalue weighted by molar-refractivity contribution is 7.85. The average molecular weight is 206 g/mol. The van der Waals surface area contributed by atoms with Crippen molar-refractivity contribution >= 4 is 16.8 Å². The van der Waals surface area contributed by atoms with Gasteiger partial charge in [0, 0.05) is 17.1 Å².